The first-order chi connectivity index (χ1) is 8.06. The second-order valence-corrected chi connectivity index (χ2v) is 4.23. The Bertz CT molecular complexity index is 520. The molecule has 0 atom stereocenters. The largest absolute Gasteiger partial charge is 0.425 e. The second kappa shape index (κ2) is 4.57. The van der Waals surface area contributed by atoms with E-state index in [0.29, 0.717) is 11.8 Å². The number of hydrogen-bond acceptors (Lipinski definition) is 2. The number of hydrogen-bond donors (Lipinski definition) is 0. The van der Waals surface area contributed by atoms with Gasteiger partial charge in [-0.05, 0) is 32.9 Å². The fraction of sp³-hybridized carbons (Fsp3) is 0.308. The van der Waals surface area contributed by atoms with Crippen LogP contribution in [0.1, 0.15) is 25.6 Å². The van der Waals surface area contributed by atoms with Crippen LogP contribution in [0.15, 0.2) is 30.5 Å². The Morgan fingerprint density at radius 2 is 2.12 bits per heavy atom. The van der Waals surface area contributed by atoms with Crippen LogP contribution in [0.2, 0.25) is 0 Å². The third-order valence-electron chi connectivity index (χ3n) is 2.38. The van der Waals surface area contributed by atoms with Crippen LogP contribution in [0.25, 0.3) is 0 Å². The Morgan fingerprint density at radius 3 is 2.76 bits per heavy atom. The summed E-state index contributed by atoms with van der Waals surface area (Å²) in [5, 5.41) is 0. The third-order valence-corrected chi connectivity index (χ3v) is 2.38. The predicted molar refractivity (Wildman–Crippen MR) is 63.8 cm³/mol. The fourth-order valence-electron chi connectivity index (χ4n) is 1.58. The molecule has 0 spiro atoms. The summed E-state index contributed by atoms with van der Waals surface area (Å²) in [6.45, 7) is 5.98. The van der Waals surface area contributed by atoms with Gasteiger partial charge in [0.25, 0.3) is 0 Å². The van der Waals surface area contributed by atoms with Crippen molar-refractivity contribution in [1.29, 1.82) is 0 Å². The van der Waals surface area contributed by atoms with Gasteiger partial charge in [-0.3, -0.25) is 4.57 Å². The van der Waals surface area contributed by atoms with Crippen LogP contribution >= 0.6 is 0 Å². The van der Waals surface area contributed by atoms with Gasteiger partial charge in [-0.1, -0.05) is 6.07 Å². The van der Waals surface area contributed by atoms with E-state index in [1.807, 2.05) is 31.5 Å². The molecule has 1 aromatic carbocycles. The first-order valence-electron chi connectivity index (χ1n) is 5.55. The van der Waals surface area contributed by atoms with Crippen molar-refractivity contribution in [2.45, 2.75) is 26.8 Å². The highest BCUT2D eigenvalue weighted by Crippen LogP contribution is 2.24. The van der Waals surface area contributed by atoms with E-state index in [1.165, 1.54) is 12.1 Å². The fourth-order valence-corrected chi connectivity index (χ4v) is 1.58. The average Bonchev–Trinajstić information content (AvgIpc) is 2.59. The third kappa shape index (κ3) is 2.64. The van der Waals surface area contributed by atoms with Crippen molar-refractivity contribution < 1.29 is 9.13 Å². The molecule has 0 amide bonds. The van der Waals surface area contributed by atoms with Gasteiger partial charge in [0, 0.05) is 18.3 Å². The van der Waals surface area contributed by atoms with Gasteiger partial charge in [0.2, 0.25) is 0 Å². The molecule has 0 aliphatic rings. The van der Waals surface area contributed by atoms with E-state index in [0.717, 1.165) is 5.69 Å². The Kier molecular flexibility index (Phi) is 3.13. The van der Waals surface area contributed by atoms with Gasteiger partial charge in [-0.25, -0.2) is 9.37 Å². The summed E-state index contributed by atoms with van der Waals surface area (Å²) < 4.78 is 20.5. The van der Waals surface area contributed by atoms with E-state index in [-0.39, 0.29) is 11.9 Å². The maximum atomic E-state index is 13.0. The molecule has 1 aromatic heterocycles. The van der Waals surface area contributed by atoms with Crippen LogP contribution in [-0.2, 0) is 0 Å². The quantitative estimate of drug-likeness (QED) is 0.809. The molecule has 2 rings (SSSR count). The Balaban J connectivity index is 2.29. The SMILES string of the molecule is Cc1cn(C(C)C)c(Oc2cccc(F)c2)n1. The highest BCUT2D eigenvalue weighted by molar-refractivity contribution is 5.26. The lowest BCUT2D eigenvalue weighted by Gasteiger charge is -2.11. The molecule has 17 heavy (non-hydrogen) atoms. The molecule has 0 unspecified atom stereocenters. The number of nitrogens with zero attached hydrogens (tertiary/aromatic N) is 2. The molecule has 0 aliphatic heterocycles. The summed E-state index contributed by atoms with van der Waals surface area (Å²) in [5.74, 6) is 0.138. The lowest BCUT2D eigenvalue weighted by Crippen LogP contribution is -2.02. The summed E-state index contributed by atoms with van der Waals surface area (Å²) in [6.07, 6.45) is 1.92. The van der Waals surface area contributed by atoms with Crippen LogP contribution in [0, 0.1) is 12.7 Å². The predicted octanol–water partition coefficient (Wildman–Crippen LogP) is 3.70. The van der Waals surface area contributed by atoms with E-state index in [9.17, 15) is 4.39 Å². The van der Waals surface area contributed by atoms with E-state index in [2.05, 4.69) is 4.98 Å². The molecule has 0 aliphatic carbocycles. The zero-order chi connectivity index (χ0) is 12.4. The van der Waals surface area contributed by atoms with Gasteiger partial charge in [-0.2, -0.15) is 0 Å². The standard InChI is InChI=1S/C13H15FN2O/c1-9(2)16-8-10(3)15-13(16)17-12-6-4-5-11(14)7-12/h4-9H,1-3H3. The smallest absolute Gasteiger partial charge is 0.302 e. The average molecular weight is 234 g/mol. The van der Waals surface area contributed by atoms with Gasteiger partial charge in [-0.15, -0.1) is 0 Å². The zero-order valence-electron chi connectivity index (χ0n) is 10.1. The van der Waals surface area contributed by atoms with Gasteiger partial charge in [0.1, 0.15) is 11.6 Å². The lowest BCUT2D eigenvalue weighted by molar-refractivity contribution is 0.393. The molecule has 3 nitrogen and oxygen atoms in total. The van der Waals surface area contributed by atoms with Crippen LogP contribution in [0.4, 0.5) is 4.39 Å². The zero-order valence-corrected chi connectivity index (χ0v) is 10.1. The monoisotopic (exact) mass is 234 g/mol. The number of ether oxygens (including phenoxy) is 1. The molecule has 0 saturated heterocycles. The van der Waals surface area contributed by atoms with Gasteiger partial charge in [0.15, 0.2) is 0 Å². The molecular formula is C13H15FN2O. The van der Waals surface area contributed by atoms with Crippen molar-refractivity contribution in [2.75, 3.05) is 0 Å². The minimum absolute atomic E-state index is 0.250. The van der Waals surface area contributed by atoms with E-state index in [1.54, 1.807) is 12.1 Å². The minimum atomic E-state index is -0.318. The Hall–Kier alpha value is -1.84. The maximum Gasteiger partial charge on any atom is 0.302 e. The van der Waals surface area contributed by atoms with Crippen molar-refractivity contribution in [3.63, 3.8) is 0 Å². The van der Waals surface area contributed by atoms with E-state index < -0.39 is 0 Å². The highest BCUT2D eigenvalue weighted by Gasteiger charge is 2.10. The number of imidazole rings is 1. The molecule has 1 heterocycles. The van der Waals surface area contributed by atoms with Gasteiger partial charge < -0.3 is 4.74 Å². The molecule has 0 N–H and O–H groups in total. The molecule has 4 heteroatoms. The summed E-state index contributed by atoms with van der Waals surface area (Å²) >= 11 is 0. The van der Waals surface area contributed by atoms with Crippen molar-refractivity contribution in [3.05, 3.63) is 42.0 Å². The summed E-state index contributed by atoms with van der Waals surface area (Å²) in [6, 6.07) is 6.78. The second-order valence-electron chi connectivity index (χ2n) is 4.23. The van der Waals surface area contributed by atoms with Crippen LogP contribution in [0.3, 0.4) is 0 Å². The number of halogens is 1. The normalized spacial score (nSPS) is 10.9. The van der Waals surface area contributed by atoms with Crippen LogP contribution in [0.5, 0.6) is 11.8 Å². The van der Waals surface area contributed by atoms with Gasteiger partial charge >= 0.3 is 6.01 Å². The Morgan fingerprint density at radius 1 is 1.35 bits per heavy atom. The van der Waals surface area contributed by atoms with E-state index in [4.69, 9.17) is 4.74 Å². The first-order valence-corrected chi connectivity index (χ1v) is 5.55. The van der Waals surface area contributed by atoms with Crippen molar-refractivity contribution in [1.82, 2.24) is 9.55 Å². The van der Waals surface area contributed by atoms with Crippen molar-refractivity contribution in [2.24, 2.45) is 0 Å². The van der Waals surface area contributed by atoms with Crippen LogP contribution < -0.4 is 4.74 Å². The van der Waals surface area contributed by atoms with Crippen LogP contribution in [-0.4, -0.2) is 9.55 Å². The molecule has 0 bridgehead atoms. The maximum absolute atomic E-state index is 13.0. The molecule has 0 radical (unpaired) electrons. The Labute approximate surface area is 99.9 Å². The molecule has 90 valence electrons. The number of aromatic nitrogens is 2. The van der Waals surface area contributed by atoms with E-state index >= 15 is 0 Å². The minimum Gasteiger partial charge on any atom is -0.425 e. The summed E-state index contributed by atoms with van der Waals surface area (Å²) in [4.78, 5) is 4.28. The number of aryl methyl sites for hydroxylation is 1. The molecule has 0 saturated carbocycles. The molecule has 0 fully saturated rings. The molecular weight excluding hydrogens is 219 g/mol. The van der Waals surface area contributed by atoms with Crippen molar-refractivity contribution in [3.8, 4) is 11.8 Å². The lowest BCUT2D eigenvalue weighted by atomic mass is 10.3. The summed E-state index contributed by atoms with van der Waals surface area (Å²) in [7, 11) is 0. The first kappa shape index (κ1) is 11.6. The number of rotatable bonds is 3. The number of benzene rings is 1. The van der Waals surface area contributed by atoms with Gasteiger partial charge in [0.05, 0.1) is 5.69 Å². The highest BCUT2D eigenvalue weighted by atomic mass is 19.1. The topological polar surface area (TPSA) is 27.1 Å². The molecule has 2 aromatic rings. The van der Waals surface area contributed by atoms with Crippen molar-refractivity contribution >= 4 is 0 Å². The summed E-state index contributed by atoms with van der Waals surface area (Å²) in [5.41, 5.74) is 0.880.